The van der Waals surface area contributed by atoms with Crippen LogP contribution >= 0.6 is 15.9 Å². The number of nitrogens with zero attached hydrogens (tertiary/aromatic N) is 2. The number of amides is 2. The number of aliphatic hydroxyl groups excluding tert-OH is 1. The molecule has 1 N–H and O–H groups in total. The first-order chi connectivity index (χ1) is 18.3. The highest BCUT2D eigenvalue weighted by molar-refractivity contribution is 9.09. The van der Waals surface area contributed by atoms with E-state index in [0.717, 1.165) is 12.8 Å². The van der Waals surface area contributed by atoms with Crippen molar-refractivity contribution in [2.45, 2.75) is 101 Å². The van der Waals surface area contributed by atoms with E-state index in [9.17, 15) is 19.5 Å². The summed E-state index contributed by atoms with van der Waals surface area (Å²) in [5, 5.41) is 9.40. The fraction of sp³-hybridized carbons (Fsp3) is 0.767. The van der Waals surface area contributed by atoms with Gasteiger partial charge in [0.05, 0.1) is 24.5 Å². The van der Waals surface area contributed by atoms with Gasteiger partial charge in [-0.3, -0.25) is 14.4 Å². The van der Waals surface area contributed by atoms with E-state index in [1.807, 2.05) is 18.7 Å². The average Bonchev–Trinajstić information content (AvgIpc) is 3.42. The summed E-state index contributed by atoms with van der Waals surface area (Å²) in [5.41, 5.74) is -1.69. The van der Waals surface area contributed by atoms with E-state index in [-0.39, 0.29) is 35.3 Å². The molecule has 2 bridgehead atoms. The van der Waals surface area contributed by atoms with Crippen molar-refractivity contribution in [3.05, 3.63) is 25.3 Å². The van der Waals surface area contributed by atoms with Crippen LogP contribution in [0, 0.1) is 17.3 Å². The van der Waals surface area contributed by atoms with Gasteiger partial charge in [0.25, 0.3) is 0 Å². The monoisotopic (exact) mass is 610 g/mol. The van der Waals surface area contributed by atoms with Gasteiger partial charge in [-0.25, -0.2) is 0 Å². The Hall–Kier alpha value is -1.71. The van der Waals surface area contributed by atoms with Gasteiger partial charge in [0.1, 0.15) is 11.6 Å². The van der Waals surface area contributed by atoms with Crippen molar-refractivity contribution in [1.82, 2.24) is 9.80 Å². The Morgan fingerprint density at radius 2 is 1.90 bits per heavy atom. The summed E-state index contributed by atoms with van der Waals surface area (Å²) in [6.07, 6.45) is 6.56. The Balaban J connectivity index is 2.02. The van der Waals surface area contributed by atoms with E-state index in [1.54, 1.807) is 17.1 Å². The van der Waals surface area contributed by atoms with Crippen LogP contribution < -0.4 is 0 Å². The number of hydrogen-bond acceptors (Lipinski definition) is 6. The molecule has 3 rings (SSSR count). The molecule has 9 heteroatoms. The number of esters is 1. The maximum atomic E-state index is 14.6. The normalized spacial score (nSPS) is 29.9. The van der Waals surface area contributed by atoms with Crippen LogP contribution in [-0.4, -0.2) is 87.1 Å². The van der Waals surface area contributed by atoms with E-state index in [0.29, 0.717) is 38.8 Å². The molecule has 0 aliphatic carbocycles. The summed E-state index contributed by atoms with van der Waals surface area (Å²) in [4.78, 5) is 45.3. The second-order valence-electron chi connectivity index (χ2n) is 13.0. The quantitative estimate of drug-likeness (QED) is 0.137. The second kappa shape index (κ2) is 12.4. The Labute approximate surface area is 242 Å². The summed E-state index contributed by atoms with van der Waals surface area (Å²) in [6, 6.07) is -0.878. The Morgan fingerprint density at radius 3 is 2.49 bits per heavy atom. The van der Waals surface area contributed by atoms with Crippen molar-refractivity contribution in [2.75, 3.05) is 26.3 Å². The third-order valence-electron chi connectivity index (χ3n) is 8.17. The third kappa shape index (κ3) is 6.30. The lowest BCUT2D eigenvalue weighted by Crippen LogP contribution is -2.61. The third-order valence-corrected chi connectivity index (χ3v) is 9.02. The second-order valence-corrected chi connectivity index (χ2v) is 14.2. The van der Waals surface area contributed by atoms with Gasteiger partial charge in [0.2, 0.25) is 11.8 Å². The minimum atomic E-state index is -1.13. The van der Waals surface area contributed by atoms with Gasteiger partial charge in [-0.15, -0.1) is 13.2 Å². The van der Waals surface area contributed by atoms with Crippen LogP contribution in [-0.2, 0) is 23.9 Å². The predicted octanol–water partition coefficient (Wildman–Crippen LogP) is 4.25. The highest BCUT2D eigenvalue weighted by Gasteiger charge is 2.77. The molecule has 3 aliphatic heterocycles. The van der Waals surface area contributed by atoms with Gasteiger partial charge in [-0.05, 0) is 57.8 Å². The maximum Gasteiger partial charge on any atom is 0.312 e. The molecular weight excluding hydrogens is 564 g/mol. The topological polar surface area (TPSA) is 96.4 Å². The number of likely N-dealkylation sites (tertiary alicyclic amines) is 1. The number of halogens is 1. The molecule has 6 atom stereocenters. The first-order valence-corrected chi connectivity index (χ1v) is 15.1. The van der Waals surface area contributed by atoms with E-state index in [1.165, 1.54) is 0 Å². The molecule has 3 unspecified atom stereocenters. The summed E-state index contributed by atoms with van der Waals surface area (Å²) < 4.78 is 12.2. The van der Waals surface area contributed by atoms with Gasteiger partial charge in [0.15, 0.2) is 0 Å². The number of alkyl halides is 1. The molecule has 8 nitrogen and oxygen atoms in total. The Kier molecular flexibility index (Phi) is 10.1. The van der Waals surface area contributed by atoms with Crippen molar-refractivity contribution in [3.63, 3.8) is 0 Å². The lowest BCUT2D eigenvalue weighted by atomic mass is 9.70. The molecule has 0 aromatic carbocycles. The van der Waals surface area contributed by atoms with Crippen LogP contribution in [0.4, 0.5) is 0 Å². The van der Waals surface area contributed by atoms with Gasteiger partial charge in [0, 0.05) is 30.1 Å². The van der Waals surface area contributed by atoms with Crippen molar-refractivity contribution in [1.29, 1.82) is 0 Å². The smallest absolute Gasteiger partial charge is 0.312 e. The van der Waals surface area contributed by atoms with Gasteiger partial charge in [-0.1, -0.05) is 48.9 Å². The van der Waals surface area contributed by atoms with Crippen LogP contribution in [0.2, 0.25) is 0 Å². The maximum absolute atomic E-state index is 14.6. The number of rotatable bonds is 14. The van der Waals surface area contributed by atoms with Crippen LogP contribution in [0.15, 0.2) is 25.3 Å². The molecular formula is C30H47BrN2O6. The molecule has 3 heterocycles. The Bertz CT molecular complexity index is 946. The van der Waals surface area contributed by atoms with Crippen molar-refractivity contribution >= 4 is 33.7 Å². The van der Waals surface area contributed by atoms with Crippen LogP contribution in [0.25, 0.3) is 0 Å². The van der Waals surface area contributed by atoms with Crippen LogP contribution in [0.5, 0.6) is 0 Å². The average molecular weight is 612 g/mol. The molecule has 220 valence electrons. The number of allylic oxidation sites excluding steroid dienone is 1. The minimum Gasteiger partial charge on any atom is -0.465 e. The van der Waals surface area contributed by atoms with E-state index >= 15 is 0 Å². The van der Waals surface area contributed by atoms with Crippen molar-refractivity contribution < 1.29 is 29.0 Å². The molecule has 39 heavy (non-hydrogen) atoms. The van der Waals surface area contributed by atoms with Crippen LogP contribution in [0.1, 0.15) is 73.1 Å². The SMILES string of the molecule is C=CCCCOC(=O)[C@H]1[C@@H]2OC3(CC2Br)C(C(=O)N(CC=C)C(C)(C)CC(C)(C)C)N(CCCCO)C(=O)[C@H]13. The lowest BCUT2D eigenvalue weighted by Gasteiger charge is -2.45. The summed E-state index contributed by atoms with van der Waals surface area (Å²) in [5.74, 6) is -2.46. The molecule has 3 fully saturated rings. The first kappa shape index (κ1) is 31.8. The zero-order valence-electron chi connectivity index (χ0n) is 24.3. The fourth-order valence-electron chi connectivity index (χ4n) is 7.11. The van der Waals surface area contributed by atoms with Crippen LogP contribution in [0.3, 0.4) is 0 Å². The first-order valence-electron chi connectivity index (χ1n) is 14.2. The number of fused-ring (bicyclic) bond motifs is 1. The molecule has 0 aromatic rings. The molecule has 1 spiro atoms. The zero-order valence-corrected chi connectivity index (χ0v) is 25.9. The number of hydrogen-bond donors (Lipinski definition) is 1. The number of unbranched alkanes of at least 4 members (excludes halogenated alkanes) is 2. The molecule has 0 aromatic heterocycles. The summed E-state index contributed by atoms with van der Waals surface area (Å²) >= 11 is 3.71. The Morgan fingerprint density at radius 1 is 1.21 bits per heavy atom. The standard InChI is InChI=1S/C30H47BrN2O6/c1-8-10-13-17-38-27(37)21-22-25(35)32(15-11-12-16-34)24(30(22)18-20(31)23(21)39-30)26(36)33(14-9-2)29(6,7)19-28(3,4)5/h8-9,20-24,34H,1-2,10-19H2,3-7H3/t20?,21-,22+,23-,24?,30?/m1/s1. The minimum absolute atomic E-state index is 0.00186. The number of carbonyl (C=O) groups excluding carboxylic acids is 3. The fourth-order valence-corrected chi connectivity index (χ4v) is 8.06. The van der Waals surface area contributed by atoms with E-state index in [4.69, 9.17) is 9.47 Å². The predicted molar refractivity (Wildman–Crippen MR) is 154 cm³/mol. The highest BCUT2D eigenvalue weighted by atomic mass is 79.9. The molecule has 2 amide bonds. The van der Waals surface area contributed by atoms with Crippen molar-refractivity contribution in [3.8, 4) is 0 Å². The van der Waals surface area contributed by atoms with Gasteiger partial charge in [-0.2, -0.15) is 0 Å². The molecule has 0 radical (unpaired) electrons. The van der Waals surface area contributed by atoms with E-state index < -0.39 is 41.1 Å². The molecule has 3 aliphatic rings. The number of ether oxygens (including phenoxy) is 2. The lowest BCUT2D eigenvalue weighted by molar-refractivity contribution is -0.156. The summed E-state index contributed by atoms with van der Waals surface area (Å²) in [6.45, 7) is 19.0. The van der Waals surface area contributed by atoms with Gasteiger partial charge < -0.3 is 24.4 Å². The highest BCUT2D eigenvalue weighted by Crippen LogP contribution is 2.60. The molecule has 0 saturated carbocycles. The summed E-state index contributed by atoms with van der Waals surface area (Å²) in [7, 11) is 0. The van der Waals surface area contributed by atoms with Crippen molar-refractivity contribution in [2.24, 2.45) is 17.3 Å². The molecule has 3 saturated heterocycles. The largest absolute Gasteiger partial charge is 0.465 e. The zero-order chi connectivity index (χ0) is 29.2. The number of carbonyl (C=O) groups is 3. The number of aliphatic hydroxyl groups is 1. The van der Waals surface area contributed by atoms with E-state index in [2.05, 4.69) is 49.9 Å². The van der Waals surface area contributed by atoms with Gasteiger partial charge >= 0.3 is 5.97 Å².